The Morgan fingerprint density at radius 3 is 2.27 bits per heavy atom. The van der Waals surface area contributed by atoms with E-state index in [1.807, 2.05) is 13.8 Å². The summed E-state index contributed by atoms with van der Waals surface area (Å²) in [5, 5.41) is 11.4. The molecule has 22 heavy (non-hydrogen) atoms. The van der Waals surface area contributed by atoms with Crippen LogP contribution in [0.15, 0.2) is 35.2 Å². The lowest BCUT2D eigenvalue weighted by molar-refractivity contribution is 0.601. The first-order chi connectivity index (χ1) is 10.3. The van der Waals surface area contributed by atoms with Crippen molar-refractivity contribution in [2.45, 2.75) is 31.7 Å². The largest absolute Gasteiger partial charge is 0.366 e. The van der Waals surface area contributed by atoms with Crippen molar-refractivity contribution < 1.29 is 8.42 Å². The Morgan fingerprint density at radius 2 is 1.73 bits per heavy atom. The first kappa shape index (κ1) is 16.5. The molecule has 2 N–H and O–H groups in total. The van der Waals surface area contributed by atoms with Crippen LogP contribution in [0, 0.1) is 6.92 Å². The number of nitrogens with one attached hydrogen (secondary N) is 2. The molecule has 8 heteroatoms. The van der Waals surface area contributed by atoms with E-state index in [4.69, 9.17) is 11.6 Å². The molecule has 0 saturated heterocycles. The van der Waals surface area contributed by atoms with Gasteiger partial charge in [0, 0.05) is 11.1 Å². The Morgan fingerprint density at radius 1 is 1.09 bits per heavy atom. The predicted molar refractivity (Wildman–Crippen MR) is 87.8 cm³/mol. The van der Waals surface area contributed by atoms with E-state index in [1.54, 1.807) is 25.1 Å². The van der Waals surface area contributed by atoms with Gasteiger partial charge in [-0.25, -0.2) is 8.42 Å². The van der Waals surface area contributed by atoms with Crippen LogP contribution in [-0.2, 0) is 10.0 Å². The van der Waals surface area contributed by atoms with E-state index in [0.717, 1.165) is 0 Å². The number of rotatable bonds is 5. The first-order valence-electron chi connectivity index (χ1n) is 6.67. The van der Waals surface area contributed by atoms with Crippen LogP contribution in [0.2, 0.25) is 5.02 Å². The lowest BCUT2D eigenvalue weighted by Crippen LogP contribution is -2.15. The molecule has 6 nitrogen and oxygen atoms in total. The van der Waals surface area contributed by atoms with Crippen molar-refractivity contribution in [1.82, 2.24) is 10.2 Å². The average Bonchev–Trinajstić information content (AvgIpc) is 2.43. The maximum atomic E-state index is 12.3. The minimum absolute atomic E-state index is 0.126. The molecule has 0 radical (unpaired) electrons. The Hall–Kier alpha value is -1.86. The topological polar surface area (TPSA) is 84.0 Å². The van der Waals surface area contributed by atoms with Crippen LogP contribution < -0.4 is 10.0 Å². The molecule has 2 aromatic rings. The fourth-order valence-corrected chi connectivity index (χ4v) is 2.94. The van der Waals surface area contributed by atoms with Crippen molar-refractivity contribution >= 4 is 33.3 Å². The summed E-state index contributed by atoms with van der Waals surface area (Å²) in [6.45, 7) is 5.69. The third kappa shape index (κ3) is 4.08. The van der Waals surface area contributed by atoms with E-state index in [-0.39, 0.29) is 16.8 Å². The first-order valence-corrected chi connectivity index (χ1v) is 8.53. The molecule has 0 aliphatic heterocycles. The van der Waals surface area contributed by atoms with Crippen LogP contribution in [0.5, 0.6) is 0 Å². The van der Waals surface area contributed by atoms with E-state index in [0.29, 0.717) is 16.4 Å². The molecule has 0 aliphatic carbocycles. The number of hydrogen-bond acceptors (Lipinski definition) is 5. The van der Waals surface area contributed by atoms with Crippen LogP contribution in [-0.4, -0.2) is 24.7 Å². The summed E-state index contributed by atoms with van der Waals surface area (Å²) in [6.07, 6.45) is 0. The van der Waals surface area contributed by atoms with Gasteiger partial charge in [-0.1, -0.05) is 11.6 Å². The summed E-state index contributed by atoms with van der Waals surface area (Å²) in [6, 6.07) is 7.93. The summed E-state index contributed by atoms with van der Waals surface area (Å²) >= 11 is 5.91. The van der Waals surface area contributed by atoms with Crippen LogP contribution in [0.3, 0.4) is 0 Å². The zero-order valence-corrected chi connectivity index (χ0v) is 14.0. The maximum Gasteiger partial charge on any atom is 0.263 e. The number of anilines is 2. The fourth-order valence-electron chi connectivity index (χ4n) is 1.74. The van der Waals surface area contributed by atoms with E-state index in [2.05, 4.69) is 20.2 Å². The van der Waals surface area contributed by atoms with Gasteiger partial charge in [0.1, 0.15) is 5.82 Å². The molecule has 1 heterocycles. The summed E-state index contributed by atoms with van der Waals surface area (Å²) in [5.74, 6) is 0.738. The molecule has 0 unspecified atom stereocenters. The summed E-state index contributed by atoms with van der Waals surface area (Å²) < 4.78 is 27.0. The highest BCUT2D eigenvalue weighted by Crippen LogP contribution is 2.21. The molecule has 0 aliphatic rings. The highest BCUT2D eigenvalue weighted by Gasteiger charge is 2.16. The van der Waals surface area contributed by atoms with Gasteiger partial charge in [0.2, 0.25) is 0 Å². The van der Waals surface area contributed by atoms with Crippen molar-refractivity contribution in [1.29, 1.82) is 0 Å². The van der Waals surface area contributed by atoms with Gasteiger partial charge in [0.25, 0.3) is 10.0 Å². The van der Waals surface area contributed by atoms with Crippen molar-refractivity contribution in [3.63, 3.8) is 0 Å². The zero-order chi connectivity index (χ0) is 16.3. The molecule has 0 atom stereocenters. The number of aromatic nitrogens is 2. The van der Waals surface area contributed by atoms with E-state index >= 15 is 0 Å². The van der Waals surface area contributed by atoms with Crippen LogP contribution in [0.25, 0.3) is 0 Å². The Labute approximate surface area is 135 Å². The molecular weight excluding hydrogens is 324 g/mol. The number of nitrogens with zero attached hydrogens (tertiary/aromatic N) is 2. The van der Waals surface area contributed by atoms with Gasteiger partial charge in [-0.3, -0.25) is 4.72 Å². The second-order valence-electron chi connectivity index (χ2n) is 5.12. The lowest BCUT2D eigenvalue weighted by atomic mass is 10.2. The number of aryl methyl sites for hydroxylation is 1. The molecule has 1 aromatic heterocycles. The molecule has 0 amide bonds. The van der Waals surface area contributed by atoms with E-state index in [9.17, 15) is 8.42 Å². The van der Waals surface area contributed by atoms with Crippen molar-refractivity contribution in [2.75, 3.05) is 10.0 Å². The quantitative estimate of drug-likeness (QED) is 0.873. The molecule has 0 spiro atoms. The Bertz CT molecular complexity index is 761. The number of hydrogen-bond donors (Lipinski definition) is 2. The number of halogens is 1. The third-order valence-corrected chi connectivity index (χ3v) is 4.56. The van der Waals surface area contributed by atoms with Crippen LogP contribution in [0.1, 0.15) is 19.4 Å². The molecule has 2 rings (SSSR count). The van der Waals surface area contributed by atoms with Gasteiger partial charge < -0.3 is 5.32 Å². The van der Waals surface area contributed by atoms with Crippen molar-refractivity contribution in [2.24, 2.45) is 0 Å². The maximum absolute atomic E-state index is 12.3. The molecule has 0 fully saturated rings. The average molecular weight is 341 g/mol. The highest BCUT2D eigenvalue weighted by molar-refractivity contribution is 7.92. The monoisotopic (exact) mass is 340 g/mol. The summed E-state index contributed by atoms with van der Waals surface area (Å²) in [4.78, 5) is 0.126. The van der Waals surface area contributed by atoms with Crippen LogP contribution >= 0.6 is 11.6 Å². The molecule has 1 aromatic carbocycles. The zero-order valence-electron chi connectivity index (χ0n) is 12.5. The summed E-state index contributed by atoms with van der Waals surface area (Å²) in [5.41, 5.74) is 0.687. The van der Waals surface area contributed by atoms with Gasteiger partial charge in [-0.15, -0.1) is 10.2 Å². The van der Waals surface area contributed by atoms with Crippen molar-refractivity contribution in [3.8, 4) is 0 Å². The Balaban J connectivity index is 2.19. The molecule has 0 bridgehead atoms. The van der Waals surface area contributed by atoms with Crippen LogP contribution in [0.4, 0.5) is 11.6 Å². The third-order valence-electron chi connectivity index (χ3n) is 2.78. The van der Waals surface area contributed by atoms with Crippen molar-refractivity contribution in [3.05, 3.63) is 40.9 Å². The number of sulfonamides is 1. The minimum Gasteiger partial charge on any atom is -0.366 e. The van der Waals surface area contributed by atoms with Gasteiger partial charge in [0.05, 0.1) is 4.90 Å². The van der Waals surface area contributed by atoms with E-state index < -0.39 is 10.0 Å². The van der Waals surface area contributed by atoms with Gasteiger partial charge in [0.15, 0.2) is 5.82 Å². The molecule has 0 saturated carbocycles. The predicted octanol–water partition coefficient (Wildman–Crippen LogP) is 3.06. The standard InChI is InChI=1S/C14H17ClN4O2S/c1-9(2)16-13-6-7-14(18-17-13)19-22(20,21)11-4-5-12(15)10(3)8-11/h4-9H,1-3H3,(H,16,17)(H,18,19). The molecule has 118 valence electrons. The lowest BCUT2D eigenvalue weighted by Gasteiger charge is -2.10. The fraction of sp³-hybridized carbons (Fsp3) is 0.286. The number of benzene rings is 1. The second-order valence-corrected chi connectivity index (χ2v) is 7.21. The van der Waals surface area contributed by atoms with Gasteiger partial charge in [-0.2, -0.15) is 0 Å². The normalized spacial score (nSPS) is 11.5. The van der Waals surface area contributed by atoms with E-state index in [1.165, 1.54) is 12.1 Å². The SMILES string of the molecule is Cc1cc(S(=O)(=O)Nc2ccc(NC(C)C)nn2)ccc1Cl. The minimum atomic E-state index is -3.72. The smallest absolute Gasteiger partial charge is 0.263 e. The second kappa shape index (κ2) is 6.50. The van der Waals surface area contributed by atoms with Gasteiger partial charge >= 0.3 is 0 Å². The Kier molecular flexibility index (Phi) is 4.87. The highest BCUT2D eigenvalue weighted by atomic mass is 35.5. The molecular formula is C14H17ClN4O2S. The summed E-state index contributed by atoms with van der Waals surface area (Å²) in [7, 11) is -3.72. The van der Waals surface area contributed by atoms with Gasteiger partial charge in [-0.05, 0) is 56.7 Å².